The zero-order valence-electron chi connectivity index (χ0n) is 9.43. The van der Waals surface area contributed by atoms with Gasteiger partial charge in [0.15, 0.2) is 0 Å². The second kappa shape index (κ2) is 6.31. The highest BCUT2D eigenvalue weighted by Gasteiger charge is 2.10. The summed E-state index contributed by atoms with van der Waals surface area (Å²) in [6.45, 7) is 0. The van der Waals surface area contributed by atoms with Crippen molar-refractivity contribution in [2.75, 3.05) is 0 Å². The molecule has 0 unspecified atom stereocenters. The number of carbonyl (C=O) groups excluding carboxylic acids is 1. The Morgan fingerprint density at radius 1 is 1.32 bits per heavy atom. The van der Waals surface area contributed by atoms with Gasteiger partial charge >= 0.3 is 0 Å². The number of hydrazone groups is 1. The molecule has 0 saturated heterocycles. The van der Waals surface area contributed by atoms with Gasteiger partial charge in [-0.15, -0.1) is 11.3 Å². The van der Waals surface area contributed by atoms with E-state index in [-0.39, 0.29) is 11.3 Å². The fourth-order valence-electron chi connectivity index (χ4n) is 1.30. The molecular formula is C12H8Br2N2O2S. The van der Waals surface area contributed by atoms with Crippen molar-refractivity contribution in [3.05, 3.63) is 49.0 Å². The first-order chi connectivity index (χ1) is 9.06. The van der Waals surface area contributed by atoms with E-state index in [9.17, 15) is 9.90 Å². The monoisotopic (exact) mass is 402 g/mol. The van der Waals surface area contributed by atoms with Crippen molar-refractivity contribution in [1.82, 2.24) is 5.43 Å². The minimum Gasteiger partial charge on any atom is -0.507 e. The Kier molecular flexibility index (Phi) is 4.73. The van der Waals surface area contributed by atoms with Crippen LogP contribution in [0.25, 0.3) is 0 Å². The standard InChI is InChI=1S/C12H8Br2N2O2S/c13-7-1-3-10(17)9(5-7)12(18)16-15-6-8-2-4-11(14)19-8/h1-6,17H,(H,16,18)/b15-6+. The molecule has 0 aliphatic rings. The molecule has 4 nitrogen and oxygen atoms in total. The van der Waals surface area contributed by atoms with E-state index in [1.54, 1.807) is 12.3 Å². The molecule has 1 aromatic carbocycles. The lowest BCUT2D eigenvalue weighted by Crippen LogP contribution is -2.17. The summed E-state index contributed by atoms with van der Waals surface area (Å²) in [5.74, 6) is -0.555. The summed E-state index contributed by atoms with van der Waals surface area (Å²) in [7, 11) is 0. The Labute approximate surface area is 130 Å². The molecule has 0 bridgehead atoms. The van der Waals surface area contributed by atoms with E-state index < -0.39 is 5.91 Å². The number of carbonyl (C=O) groups is 1. The fraction of sp³-hybridized carbons (Fsp3) is 0. The maximum atomic E-state index is 11.8. The number of rotatable bonds is 3. The molecule has 2 rings (SSSR count). The van der Waals surface area contributed by atoms with Gasteiger partial charge in [-0.25, -0.2) is 5.43 Å². The van der Waals surface area contributed by atoms with E-state index in [4.69, 9.17) is 0 Å². The minimum atomic E-state index is -0.467. The van der Waals surface area contributed by atoms with Gasteiger partial charge in [0.2, 0.25) is 0 Å². The van der Waals surface area contributed by atoms with Crippen LogP contribution < -0.4 is 5.43 Å². The van der Waals surface area contributed by atoms with Crippen LogP contribution in [-0.4, -0.2) is 17.2 Å². The number of halogens is 2. The van der Waals surface area contributed by atoms with E-state index in [0.29, 0.717) is 4.47 Å². The number of nitrogens with zero attached hydrogens (tertiary/aromatic N) is 1. The summed E-state index contributed by atoms with van der Waals surface area (Å²) in [6.07, 6.45) is 1.54. The molecule has 0 spiro atoms. The van der Waals surface area contributed by atoms with Crippen molar-refractivity contribution in [3.63, 3.8) is 0 Å². The Morgan fingerprint density at radius 2 is 2.11 bits per heavy atom. The molecule has 0 saturated carbocycles. The molecule has 98 valence electrons. The van der Waals surface area contributed by atoms with Crippen molar-refractivity contribution in [2.24, 2.45) is 5.10 Å². The first-order valence-electron chi connectivity index (χ1n) is 5.13. The van der Waals surface area contributed by atoms with Gasteiger partial charge in [-0.1, -0.05) is 15.9 Å². The van der Waals surface area contributed by atoms with Crippen molar-refractivity contribution >= 4 is 55.3 Å². The Bertz CT molecular complexity index is 640. The molecule has 2 N–H and O–H groups in total. The third kappa shape index (κ3) is 3.89. The quantitative estimate of drug-likeness (QED) is 0.605. The van der Waals surface area contributed by atoms with Crippen LogP contribution in [0.2, 0.25) is 0 Å². The molecule has 19 heavy (non-hydrogen) atoms. The van der Waals surface area contributed by atoms with E-state index in [2.05, 4.69) is 42.4 Å². The van der Waals surface area contributed by atoms with E-state index >= 15 is 0 Å². The molecule has 0 aliphatic carbocycles. The number of aromatic hydroxyl groups is 1. The van der Waals surface area contributed by atoms with Crippen LogP contribution in [0, 0.1) is 0 Å². The molecule has 0 fully saturated rings. The zero-order valence-corrected chi connectivity index (χ0v) is 13.4. The lowest BCUT2D eigenvalue weighted by atomic mass is 10.2. The van der Waals surface area contributed by atoms with Crippen LogP contribution >= 0.6 is 43.2 Å². The van der Waals surface area contributed by atoms with Crippen molar-refractivity contribution in [2.45, 2.75) is 0 Å². The van der Waals surface area contributed by atoms with Crippen molar-refractivity contribution < 1.29 is 9.90 Å². The van der Waals surface area contributed by atoms with Gasteiger partial charge < -0.3 is 5.11 Å². The summed E-state index contributed by atoms with van der Waals surface area (Å²) in [5, 5.41) is 13.4. The van der Waals surface area contributed by atoms with E-state index in [0.717, 1.165) is 8.66 Å². The maximum Gasteiger partial charge on any atom is 0.275 e. The molecule has 2 aromatic rings. The Morgan fingerprint density at radius 3 is 2.79 bits per heavy atom. The molecule has 1 aromatic heterocycles. The molecule has 0 radical (unpaired) electrons. The van der Waals surface area contributed by atoms with Crippen LogP contribution in [0.5, 0.6) is 5.75 Å². The maximum absolute atomic E-state index is 11.8. The highest BCUT2D eigenvalue weighted by Crippen LogP contribution is 2.22. The first kappa shape index (κ1) is 14.2. The van der Waals surface area contributed by atoms with E-state index in [1.165, 1.54) is 23.5 Å². The average Bonchev–Trinajstić information content (AvgIpc) is 2.78. The van der Waals surface area contributed by atoms with Crippen LogP contribution in [0.1, 0.15) is 15.2 Å². The minimum absolute atomic E-state index is 0.0882. The third-order valence-electron chi connectivity index (χ3n) is 2.16. The molecule has 0 atom stereocenters. The topological polar surface area (TPSA) is 61.7 Å². The smallest absolute Gasteiger partial charge is 0.275 e. The number of phenols is 1. The first-order valence-corrected chi connectivity index (χ1v) is 7.54. The largest absolute Gasteiger partial charge is 0.507 e. The number of hydrogen-bond donors (Lipinski definition) is 2. The third-order valence-corrected chi connectivity index (χ3v) is 4.21. The fourth-order valence-corrected chi connectivity index (χ4v) is 2.96. The number of amides is 1. The van der Waals surface area contributed by atoms with Crippen LogP contribution in [-0.2, 0) is 0 Å². The second-order valence-electron chi connectivity index (χ2n) is 3.50. The van der Waals surface area contributed by atoms with Gasteiger partial charge in [0.25, 0.3) is 5.91 Å². The van der Waals surface area contributed by atoms with Gasteiger partial charge in [-0.2, -0.15) is 5.10 Å². The predicted molar refractivity (Wildman–Crippen MR) is 82.9 cm³/mol. The van der Waals surface area contributed by atoms with Gasteiger partial charge in [0, 0.05) is 9.35 Å². The molecule has 1 heterocycles. The number of benzene rings is 1. The summed E-state index contributed by atoms with van der Waals surface area (Å²) in [4.78, 5) is 12.7. The van der Waals surface area contributed by atoms with Crippen LogP contribution in [0.4, 0.5) is 0 Å². The zero-order chi connectivity index (χ0) is 13.8. The lowest BCUT2D eigenvalue weighted by molar-refractivity contribution is 0.0952. The van der Waals surface area contributed by atoms with E-state index in [1.807, 2.05) is 12.1 Å². The summed E-state index contributed by atoms with van der Waals surface area (Å²) < 4.78 is 1.70. The highest BCUT2D eigenvalue weighted by atomic mass is 79.9. The summed E-state index contributed by atoms with van der Waals surface area (Å²) in [6, 6.07) is 8.40. The Balaban J connectivity index is 2.05. The number of hydrogen-bond acceptors (Lipinski definition) is 4. The second-order valence-corrected chi connectivity index (χ2v) is 6.91. The van der Waals surface area contributed by atoms with Crippen LogP contribution in [0.15, 0.2) is 43.7 Å². The number of nitrogens with one attached hydrogen (secondary N) is 1. The van der Waals surface area contributed by atoms with Gasteiger partial charge in [0.1, 0.15) is 5.75 Å². The number of thiophene rings is 1. The van der Waals surface area contributed by atoms with Crippen molar-refractivity contribution in [3.8, 4) is 5.75 Å². The molecule has 0 aliphatic heterocycles. The van der Waals surface area contributed by atoms with Gasteiger partial charge in [0.05, 0.1) is 15.6 Å². The van der Waals surface area contributed by atoms with Gasteiger partial charge in [-0.3, -0.25) is 4.79 Å². The molecule has 1 amide bonds. The van der Waals surface area contributed by atoms with Crippen LogP contribution in [0.3, 0.4) is 0 Å². The number of phenolic OH excluding ortho intramolecular Hbond substituents is 1. The average molecular weight is 404 g/mol. The Hall–Kier alpha value is -1.18. The molecule has 7 heteroatoms. The predicted octanol–water partition coefficient (Wildman–Crippen LogP) is 3.74. The van der Waals surface area contributed by atoms with Crippen molar-refractivity contribution in [1.29, 1.82) is 0 Å². The normalized spacial score (nSPS) is 10.8. The SMILES string of the molecule is O=C(N/N=C/c1ccc(Br)s1)c1cc(Br)ccc1O. The summed E-state index contributed by atoms with van der Waals surface area (Å²) >= 11 is 8.08. The van der Waals surface area contributed by atoms with Gasteiger partial charge in [-0.05, 0) is 46.3 Å². The molecular weight excluding hydrogens is 396 g/mol. The lowest BCUT2D eigenvalue weighted by Gasteiger charge is -2.03. The highest BCUT2D eigenvalue weighted by molar-refractivity contribution is 9.11. The summed E-state index contributed by atoms with van der Waals surface area (Å²) in [5.41, 5.74) is 2.53.